The molecule has 2 aliphatic rings. The summed E-state index contributed by atoms with van der Waals surface area (Å²) in [7, 11) is 1.80. The van der Waals surface area contributed by atoms with Gasteiger partial charge < -0.3 is 20.3 Å². The van der Waals surface area contributed by atoms with E-state index >= 15 is 0 Å². The monoisotopic (exact) mass is 456 g/mol. The lowest BCUT2D eigenvalue weighted by Gasteiger charge is -2.24. The fourth-order valence-electron chi connectivity index (χ4n) is 3.17. The molecule has 138 valence electrons. The van der Waals surface area contributed by atoms with E-state index in [0.29, 0.717) is 0 Å². The Labute approximate surface area is 167 Å². The Morgan fingerprint density at radius 3 is 2.52 bits per heavy atom. The van der Waals surface area contributed by atoms with Crippen molar-refractivity contribution in [2.24, 2.45) is 4.99 Å². The quantitative estimate of drug-likeness (QED) is 0.310. The second-order valence-electron chi connectivity index (χ2n) is 6.72. The summed E-state index contributed by atoms with van der Waals surface area (Å²) in [6, 6.07) is 8.73. The van der Waals surface area contributed by atoms with Gasteiger partial charge in [0.05, 0.1) is 5.60 Å². The first kappa shape index (κ1) is 20.0. The molecule has 1 unspecified atom stereocenters. The van der Waals surface area contributed by atoms with Gasteiger partial charge in [-0.2, -0.15) is 0 Å². The van der Waals surface area contributed by atoms with Gasteiger partial charge >= 0.3 is 0 Å². The average Bonchev–Trinajstić information content (AvgIpc) is 3.28. The number of anilines is 1. The van der Waals surface area contributed by atoms with Gasteiger partial charge in [0.1, 0.15) is 0 Å². The lowest BCUT2D eigenvalue weighted by atomic mass is 10.0. The van der Waals surface area contributed by atoms with E-state index in [1.54, 1.807) is 7.05 Å². The number of ether oxygens (including phenoxy) is 1. The van der Waals surface area contributed by atoms with Crippen LogP contribution >= 0.6 is 24.0 Å². The SMILES string of the molecule is CN=C(NCc1ccc(N2CC=CC2)cc1)NCC1(C)CCCO1.I. The van der Waals surface area contributed by atoms with Gasteiger partial charge in [0, 0.05) is 45.5 Å². The minimum absolute atomic E-state index is 0. The number of nitrogens with one attached hydrogen (secondary N) is 2. The third kappa shape index (κ3) is 5.60. The zero-order valence-electron chi connectivity index (χ0n) is 15.1. The maximum Gasteiger partial charge on any atom is 0.191 e. The predicted molar refractivity (Wildman–Crippen MR) is 115 cm³/mol. The van der Waals surface area contributed by atoms with Crippen LogP contribution in [0.15, 0.2) is 41.4 Å². The maximum absolute atomic E-state index is 5.80. The van der Waals surface area contributed by atoms with Crippen molar-refractivity contribution in [1.82, 2.24) is 10.6 Å². The molecule has 1 atom stereocenters. The van der Waals surface area contributed by atoms with E-state index in [1.165, 1.54) is 11.3 Å². The number of hydrogen-bond donors (Lipinski definition) is 2. The smallest absolute Gasteiger partial charge is 0.191 e. The topological polar surface area (TPSA) is 48.9 Å². The molecule has 25 heavy (non-hydrogen) atoms. The molecule has 2 N–H and O–H groups in total. The molecule has 2 aliphatic heterocycles. The van der Waals surface area contributed by atoms with Crippen LogP contribution in [0, 0.1) is 0 Å². The van der Waals surface area contributed by atoms with E-state index in [4.69, 9.17) is 4.74 Å². The number of guanidine groups is 1. The minimum Gasteiger partial charge on any atom is -0.373 e. The van der Waals surface area contributed by atoms with Gasteiger partial charge in [-0.15, -0.1) is 24.0 Å². The van der Waals surface area contributed by atoms with Crippen molar-refractivity contribution in [2.75, 3.05) is 38.2 Å². The standard InChI is InChI=1S/C19H28N4O.HI/c1-19(10-5-13-24-19)15-22-18(20-2)21-14-16-6-8-17(9-7-16)23-11-3-4-12-23;/h3-4,6-9H,5,10-15H2,1-2H3,(H2,20,21,22);1H. The largest absolute Gasteiger partial charge is 0.373 e. The van der Waals surface area contributed by atoms with Crippen LogP contribution in [-0.2, 0) is 11.3 Å². The first-order valence-electron chi connectivity index (χ1n) is 8.76. The van der Waals surface area contributed by atoms with Crippen LogP contribution in [0.2, 0.25) is 0 Å². The van der Waals surface area contributed by atoms with Gasteiger partial charge in [0.15, 0.2) is 5.96 Å². The molecule has 1 fully saturated rings. The second-order valence-corrected chi connectivity index (χ2v) is 6.72. The number of aliphatic imine (C=N–C) groups is 1. The average molecular weight is 456 g/mol. The molecule has 5 nitrogen and oxygen atoms in total. The third-order valence-electron chi connectivity index (χ3n) is 4.73. The van der Waals surface area contributed by atoms with E-state index in [1.807, 2.05) is 0 Å². The molecule has 3 rings (SSSR count). The highest BCUT2D eigenvalue weighted by Gasteiger charge is 2.29. The number of nitrogens with zero attached hydrogens (tertiary/aromatic N) is 2. The molecular formula is C19H29IN4O. The Kier molecular flexibility index (Phi) is 7.56. The van der Waals surface area contributed by atoms with Gasteiger partial charge in [0.25, 0.3) is 0 Å². The molecule has 0 bridgehead atoms. The van der Waals surface area contributed by atoms with Gasteiger partial charge in [-0.25, -0.2) is 0 Å². The Hall–Kier alpha value is -1.28. The Bertz CT molecular complexity index is 586. The van der Waals surface area contributed by atoms with Crippen LogP contribution in [0.5, 0.6) is 0 Å². The predicted octanol–water partition coefficient (Wildman–Crippen LogP) is 2.91. The summed E-state index contributed by atoms with van der Waals surface area (Å²) in [6.07, 6.45) is 6.66. The lowest BCUT2D eigenvalue weighted by Crippen LogP contribution is -2.45. The van der Waals surface area contributed by atoms with E-state index < -0.39 is 0 Å². The summed E-state index contributed by atoms with van der Waals surface area (Å²) in [5, 5.41) is 6.75. The molecule has 6 heteroatoms. The summed E-state index contributed by atoms with van der Waals surface area (Å²) in [5.74, 6) is 0.819. The molecule has 2 heterocycles. The number of halogens is 1. The van der Waals surface area contributed by atoms with Gasteiger partial charge in [-0.05, 0) is 37.5 Å². The van der Waals surface area contributed by atoms with Crippen molar-refractivity contribution in [3.05, 3.63) is 42.0 Å². The number of hydrogen-bond acceptors (Lipinski definition) is 3. The molecule has 0 radical (unpaired) electrons. The van der Waals surface area contributed by atoms with Crippen LogP contribution in [0.25, 0.3) is 0 Å². The highest BCUT2D eigenvalue weighted by Crippen LogP contribution is 2.23. The maximum atomic E-state index is 5.80. The normalized spacial score (nSPS) is 22.8. The third-order valence-corrected chi connectivity index (χ3v) is 4.73. The van der Waals surface area contributed by atoms with Crippen molar-refractivity contribution in [2.45, 2.75) is 31.9 Å². The van der Waals surface area contributed by atoms with Crippen LogP contribution in [-0.4, -0.2) is 44.8 Å². The number of benzene rings is 1. The van der Waals surface area contributed by atoms with Gasteiger partial charge in [0.2, 0.25) is 0 Å². The van der Waals surface area contributed by atoms with Crippen molar-refractivity contribution in [3.8, 4) is 0 Å². The van der Waals surface area contributed by atoms with Crippen molar-refractivity contribution in [1.29, 1.82) is 0 Å². The molecule has 1 aromatic rings. The highest BCUT2D eigenvalue weighted by molar-refractivity contribution is 14.0. The van der Waals surface area contributed by atoms with Gasteiger partial charge in [-0.1, -0.05) is 24.3 Å². The molecular weight excluding hydrogens is 427 g/mol. The van der Waals surface area contributed by atoms with Crippen molar-refractivity contribution in [3.63, 3.8) is 0 Å². The zero-order chi connectivity index (χ0) is 16.8. The highest BCUT2D eigenvalue weighted by atomic mass is 127. The molecule has 0 saturated carbocycles. The summed E-state index contributed by atoms with van der Waals surface area (Å²) >= 11 is 0. The minimum atomic E-state index is -0.0664. The molecule has 0 spiro atoms. The van der Waals surface area contributed by atoms with Crippen LogP contribution in [0.4, 0.5) is 5.69 Å². The Morgan fingerprint density at radius 2 is 1.92 bits per heavy atom. The van der Waals surface area contributed by atoms with E-state index in [-0.39, 0.29) is 29.6 Å². The van der Waals surface area contributed by atoms with E-state index in [2.05, 4.69) is 63.9 Å². The summed E-state index contributed by atoms with van der Waals surface area (Å²) in [4.78, 5) is 6.65. The van der Waals surface area contributed by atoms with E-state index in [9.17, 15) is 0 Å². The Morgan fingerprint density at radius 1 is 1.20 bits per heavy atom. The summed E-state index contributed by atoms with van der Waals surface area (Å²) in [5.41, 5.74) is 2.46. The molecule has 1 saturated heterocycles. The fraction of sp³-hybridized carbons (Fsp3) is 0.526. The first-order chi connectivity index (χ1) is 11.7. The van der Waals surface area contributed by atoms with Crippen molar-refractivity contribution < 1.29 is 4.74 Å². The molecule has 1 aromatic carbocycles. The number of rotatable bonds is 5. The van der Waals surface area contributed by atoms with Crippen LogP contribution < -0.4 is 15.5 Å². The summed E-state index contributed by atoms with van der Waals surface area (Å²) < 4.78 is 5.80. The van der Waals surface area contributed by atoms with Crippen LogP contribution in [0.1, 0.15) is 25.3 Å². The molecule has 0 aliphatic carbocycles. The zero-order valence-corrected chi connectivity index (χ0v) is 17.5. The second kappa shape index (κ2) is 9.43. The molecule has 0 aromatic heterocycles. The van der Waals surface area contributed by atoms with Crippen LogP contribution in [0.3, 0.4) is 0 Å². The lowest BCUT2D eigenvalue weighted by molar-refractivity contribution is 0.0243. The van der Waals surface area contributed by atoms with Crippen molar-refractivity contribution >= 4 is 35.6 Å². The fourth-order valence-corrected chi connectivity index (χ4v) is 3.17. The molecule has 0 amide bonds. The first-order valence-corrected chi connectivity index (χ1v) is 8.76. The van der Waals surface area contributed by atoms with Gasteiger partial charge in [-0.3, -0.25) is 4.99 Å². The Balaban J connectivity index is 0.00000225. The summed E-state index contributed by atoms with van der Waals surface area (Å²) in [6.45, 7) is 6.59. The van der Waals surface area contributed by atoms with E-state index in [0.717, 1.165) is 51.6 Å².